The summed E-state index contributed by atoms with van der Waals surface area (Å²) in [5.41, 5.74) is 5.61. The summed E-state index contributed by atoms with van der Waals surface area (Å²) in [5, 5.41) is 0. The standard InChI is InChI=1S/C37H36O4S/c1-26(2)27-6-12-30(13-7-27)37(3,4)31-14-18-34(19-15-31)41-33-16-8-28(9-17-33)29-10-22-35(23-11-29)42(38,39)36-24-20-32(40-5)21-25-36/h6-26H,1-5H3. The van der Waals surface area contributed by atoms with E-state index in [1.54, 1.807) is 43.5 Å². The second-order valence-electron chi connectivity index (χ2n) is 11.3. The van der Waals surface area contributed by atoms with Crippen molar-refractivity contribution >= 4 is 9.84 Å². The summed E-state index contributed by atoms with van der Waals surface area (Å²) in [7, 11) is -2.06. The molecule has 0 spiro atoms. The van der Waals surface area contributed by atoms with Crippen LogP contribution in [0.3, 0.4) is 0 Å². The molecule has 0 aliphatic rings. The monoisotopic (exact) mass is 576 g/mol. The Bertz CT molecular complexity index is 1730. The molecule has 0 N–H and O–H groups in total. The van der Waals surface area contributed by atoms with Crippen LogP contribution in [-0.4, -0.2) is 15.5 Å². The Morgan fingerprint density at radius 2 is 0.929 bits per heavy atom. The van der Waals surface area contributed by atoms with Crippen LogP contribution in [0.1, 0.15) is 50.3 Å². The smallest absolute Gasteiger partial charge is 0.206 e. The average molecular weight is 577 g/mol. The van der Waals surface area contributed by atoms with E-state index in [2.05, 4.69) is 64.1 Å². The Hall–Kier alpha value is -4.35. The lowest BCUT2D eigenvalue weighted by atomic mass is 9.77. The molecule has 0 aliphatic heterocycles. The van der Waals surface area contributed by atoms with Crippen molar-refractivity contribution in [2.75, 3.05) is 7.11 Å². The molecular formula is C37H36O4S. The SMILES string of the molecule is COc1ccc(S(=O)(=O)c2ccc(-c3ccc(Oc4ccc(C(C)(C)c5ccc(C(C)C)cc5)cc4)cc3)cc2)cc1. The fraction of sp³-hybridized carbons (Fsp3) is 0.189. The zero-order chi connectivity index (χ0) is 29.9. The molecule has 5 aromatic rings. The minimum atomic E-state index is -3.61. The third-order valence-electron chi connectivity index (χ3n) is 7.83. The second kappa shape index (κ2) is 11.9. The summed E-state index contributed by atoms with van der Waals surface area (Å²) < 4.78 is 37.3. The summed E-state index contributed by atoms with van der Waals surface area (Å²) in [6.45, 7) is 8.91. The molecule has 214 valence electrons. The average Bonchev–Trinajstić information content (AvgIpc) is 3.02. The van der Waals surface area contributed by atoms with Crippen molar-refractivity contribution in [2.24, 2.45) is 0 Å². The molecule has 0 amide bonds. The largest absolute Gasteiger partial charge is 0.497 e. The van der Waals surface area contributed by atoms with E-state index in [0.29, 0.717) is 11.7 Å². The van der Waals surface area contributed by atoms with Gasteiger partial charge in [-0.1, -0.05) is 88.4 Å². The quantitative estimate of drug-likeness (QED) is 0.175. The van der Waals surface area contributed by atoms with Crippen LogP contribution in [0.2, 0.25) is 0 Å². The van der Waals surface area contributed by atoms with Crippen LogP contribution in [0.4, 0.5) is 0 Å². The minimum Gasteiger partial charge on any atom is -0.497 e. The third-order valence-corrected chi connectivity index (χ3v) is 9.62. The Morgan fingerprint density at radius 3 is 1.38 bits per heavy atom. The van der Waals surface area contributed by atoms with E-state index < -0.39 is 9.84 Å². The first kappa shape index (κ1) is 29.2. The Balaban J connectivity index is 1.25. The molecule has 0 saturated carbocycles. The van der Waals surface area contributed by atoms with Gasteiger partial charge in [-0.25, -0.2) is 8.42 Å². The number of methoxy groups -OCH3 is 1. The van der Waals surface area contributed by atoms with Crippen LogP contribution in [-0.2, 0) is 15.3 Å². The van der Waals surface area contributed by atoms with Crippen LogP contribution in [0.25, 0.3) is 11.1 Å². The van der Waals surface area contributed by atoms with Crippen LogP contribution < -0.4 is 9.47 Å². The van der Waals surface area contributed by atoms with Crippen molar-refractivity contribution in [2.45, 2.75) is 48.8 Å². The lowest BCUT2D eigenvalue weighted by Gasteiger charge is -2.27. The predicted molar refractivity (Wildman–Crippen MR) is 169 cm³/mol. The van der Waals surface area contributed by atoms with Gasteiger partial charge in [-0.15, -0.1) is 0 Å². The van der Waals surface area contributed by atoms with E-state index in [1.165, 1.54) is 16.7 Å². The van der Waals surface area contributed by atoms with Crippen molar-refractivity contribution in [3.63, 3.8) is 0 Å². The number of ether oxygens (including phenoxy) is 2. The molecule has 0 heterocycles. The Morgan fingerprint density at radius 1 is 0.548 bits per heavy atom. The molecule has 0 aromatic heterocycles. The van der Waals surface area contributed by atoms with Crippen molar-refractivity contribution in [3.8, 4) is 28.4 Å². The molecule has 5 aromatic carbocycles. The van der Waals surface area contributed by atoms with Gasteiger partial charge in [-0.05, 0) is 94.4 Å². The summed E-state index contributed by atoms with van der Waals surface area (Å²) in [6, 6.07) is 38.3. The molecule has 0 bridgehead atoms. The molecule has 0 saturated heterocycles. The fourth-order valence-electron chi connectivity index (χ4n) is 4.96. The number of hydrogen-bond acceptors (Lipinski definition) is 4. The molecule has 0 unspecified atom stereocenters. The Kier molecular flexibility index (Phi) is 8.24. The van der Waals surface area contributed by atoms with Gasteiger partial charge in [-0.2, -0.15) is 0 Å². The van der Waals surface area contributed by atoms with Crippen LogP contribution in [0.15, 0.2) is 131 Å². The molecule has 42 heavy (non-hydrogen) atoms. The van der Waals surface area contributed by atoms with E-state index in [0.717, 1.165) is 22.6 Å². The molecule has 0 aliphatic carbocycles. The third kappa shape index (κ3) is 6.12. The maximum Gasteiger partial charge on any atom is 0.206 e. The highest BCUT2D eigenvalue weighted by Crippen LogP contribution is 2.34. The van der Waals surface area contributed by atoms with E-state index in [1.807, 2.05) is 48.5 Å². The molecule has 0 fully saturated rings. The van der Waals surface area contributed by atoms with Gasteiger partial charge < -0.3 is 9.47 Å². The number of benzene rings is 5. The van der Waals surface area contributed by atoms with Gasteiger partial charge in [0.15, 0.2) is 0 Å². The summed E-state index contributed by atoms with van der Waals surface area (Å²) in [4.78, 5) is 0.477. The maximum atomic E-state index is 13.0. The van der Waals surface area contributed by atoms with E-state index in [9.17, 15) is 8.42 Å². The lowest BCUT2D eigenvalue weighted by Crippen LogP contribution is -2.18. The highest BCUT2D eigenvalue weighted by atomic mass is 32.2. The first-order chi connectivity index (χ1) is 20.1. The van der Waals surface area contributed by atoms with Gasteiger partial charge in [0.25, 0.3) is 0 Å². The van der Waals surface area contributed by atoms with Gasteiger partial charge in [0, 0.05) is 5.41 Å². The van der Waals surface area contributed by atoms with E-state index >= 15 is 0 Å². The number of rotatable bonds is 9. The molecular weight excluding hydrogens is 540 g/mol. The molecule has 5 rings (SSSR count). The van der Waals surface area contributed by atoms with Crippen molar-refractivity contribution < 1.29 is 17.9 Å². The molecule has 0 atom stereocenters. The summed E-state index contributed by atoms with van der Waals surface area (Å²) in [6.07, 6.45) is 0. The molecule has 0 radical (unpaired) electrons. The zero-order valence-electron chi connectivity index (χ0n) is 24.7. The minimum absolute atomic E-state index is 0.126. The van der Waals surface area contributed by atoms with Gasteiger partial charge >= 0.3 is 0 Å². The van der Waals surface area contributed by atoms with E-state index in [4.69, 9.17) is 9.47 Å². The van der Waals surface area contributed by atoms with Crippen molar-refractivity contribution in [1.29, 1.82) is 0 Å². The van der Waals surface area contributed by atoms with Crippen LogP contribution >= 0.6 is 0 Å². The highest BCUT2D eigenvalue weighted by molar-refractivity contribution is 7.91. The van der Waals surface area contributed by atoms with Gasteiger partial charge in [0.1, 0.15) is 17.2 Å². The summed E-state index contributed by atoms with van der Waals surface area (Å²) in [5.74, 6) is 2.63. The number of hydrogen-bond donors (Lipinski definition) is 0. The lowest BCUT2D eigenvalue weighted by molar-refractivity contribution is 0.414. The first-order valence-corrected chi connectivity index (χ1v) is 15.5. The second-order valence-corrected chi connectivity index (χ2v) is 13.2. The molecule has 4 nitrogen and oxygen atoms in total. The van der Waals surface area contributed by atoms with Crippen molar-refractivity contribution in [1.82, 2.24) is 0 Å². The van der Waals surface area contributed by atoms with Crippen LogP contribution in [0, 0.1) is 0 Å². The fourth-order valence-corrected chi connectivity index (χ4v) is 6.22. The number of sulfone groups is 1. The summed E-state index contributed by atoms with van der Waals surface area (Å²) >= 11 is 0. The Labute approximate surface area is 249 Å². The normalized spacial score (nSPS) is 11.9. The van der Waals surface area contributed by atoms with Gasteiger partial charge in [0.2, 0.25) is 9.84 Å². The van der Waals surface area contributed by atoms with E-state index in [-0.39, 0.29) is 15.2 Å². The topological polar surface area (TPSA) is 52.6 Å². The maximum absolute atomic E-state index is 13.0. The zero-order valence-corrected chi connectivity index (χ0v) is 25.5. The van der Waals surface area contributed by atoms with Crippen molar-refractivity contribution in [3.05, 3.63) is 138 Å². The van der Waals surface area contributed by atoms with Crippen LogP contribution in [0.5, 0.6) is 17.2 Å². The van der Waals surface area contributed by atoms with Gasteiger partial charge in [0.05, 0.1) is 16.9 Å². The predicted octanol–water partition coefficient (Wildman–Crippen LogP) is 9.44. The first-order valence-electron chi connectivity index (χ1n) is 14.1. The highest BCUT2D eigenvalue weighted by Gasteiger charge is 2.23. The molecule has 5 heteroatoms. The van der Waals surface area contributed by atoms with Gasteiger partial charge in [-0.3, -0.25) is 0 Å².